The summed E-state index contributed by atoms with van der Waals surface area (Å²) in [6.07, 6.45) is 0. The molecule has 33 heavy (non-hydrogen) atoms. The van der Waals surface area contributed by atoms with Crippen LogP contribution in [0.2, 0.25) is 0 Å². The molecule has 11 heteroatoms. The van der Waals surface area contributed by atoms with Crippen LogP contribution < -0.4 is 0 Å². The SMILES string of the molecule is C=C(C)C(=O)OCC1CSC(CSc2ccc(SCC3SCC(COC(=O)C(=C)C)S3)s2)S1. The van der Waals surface area contributed by atoms with Crippen LogP contribution in [0, 0.1) is 0 Å². The Morgan fingerprint density at radius 2 is 1.30 bits per heavy atom. The third-order valence-corrected chi connectivity index (χ3v) is 15.5. The number of hydrogen-bond donors (Lipinski definition) is 0. The molecule has 4 atom stereocenters. The first-order valence-electron chi connectivity index (χ1n) is 10.3. The van der Waals surface area contributed by atoms with Gasteiger partial charge in [0, 0.05) is 44.7 Å². The van der Waals surface area contributed by atoms with Gasteiger partial charge in [-0.1, -0.05) is 13.2 Å². The van der Waals surface area contributed by atoms with Gasteiger partial charge in [0.1, 0.15) is 13.2 Å². The molecule has 1 aromatic rings. The fourth-order valence-corrected chi connectivity index (χ4v) is 13.2. The van der Waals surface area contributed by atoms with Crippen LogP contribution in [0.3, 0.4) is 0 Å². The van der Waals surface area contributed by atoms with Crippen molar-refractivity contribution in [2.24, 2.45) is 0 Å². The molecule has 182 valence electrons. The molecule has 2 saturated heterocycles. The van der Waals surface area contributed by atoms with Crippen LogP contribution in [-0.4, -0.2) is 67.8 Å². The minimum atomic E-state index is -0.293. The average Bonchev–Trinajstić information content (AvgIpc) is 3.53. The maximum atomic E-state index is 11.6. The van der Waals surface area contributed by atoms with Crippen LogP contribution in [0.4, 0.5) is 0 Å². The second kappa shape index (κ2) is 14.1. The van der Waals surface area contributed by atoms with Gasteiger partial charge in [-0.25, -0.2) is 9.59 Å². The monoisotopic (exact) mass is 580 g/mol. The van der Waals surface area contributed by atoms with Gasteiger partial charge in [0.05, 0.1) is 17.6 Å². The molecule has 2 aliphatic rings. The zero-order valence-electron chi connectivity index (χ0n) is 18.6. The van der Waals surface area contributed by atoms with Crippen molar-refractivity contribution in [3.05, 3.63) is 36.4 Å². The summed E-state index contributed by atoms with van der Waals surface area (Å²) >= 11 is 13.4. The van der Waals surface area contributed by atoms with Crippen molar-refractivity contribution in [1.82, 2.24) is 0 Å². The van der Waals surface area contributed by atoms with Crippen LogP contribution in [0.15, 0.2) is 44.9 Å². The minimum absolute atomic E-state index is 0.293. The van der Waals surface area contributed by atoms with E-state index in [0.29, 0.717) is 44.0 Å². The van der Waals surface area contributed by atoms with E-state index in [4.69, 9.17) is 9.47 Å². The third-order valence-electron chi connectivity index (χ3n) is 4.40. The quantitative estimate of drug-likeness (QED) is 0.155. The lowest BCUT2D eigenvalue weighted by molar-refractivity contribution is -0.139. The van der Waals surface area contributed by atoms with Gasteiger partial charge in [0.25, 0.3) is 0 Å². The lowest BCUT2D eigenvalue weighted by atomic mass is 10.4. The van der Waals surface area contributed by atoms with Gasteiger partial charge in [-0.15, -0.1) is 81.9 Å². The standard InChI is InChI=1S/C22H28O4S7/c1-13(2)21(23)25-7-15-9-27-19(31-15)11-29-17-5-6-18(33-17)30-12-20-28-10-16(32-20)8-26-22(24)14(3)4/h5-6,15-16,19-20H,1,3,7-12H2,2,4H3. The Bertz CT molecular complexity index is 789. The van der Waals surface area contributed by atoms with Crippen LogP contribution >= 0.6 is 81.9 Å². The van der Waals surface area contributed by atoms with Crippen LogP contribution in [0.1, 0.15) is 13.8 Å². The summed E-state index contributed by atoms with van der Waals surface area (Å²) in [4.78, 5) is 23.1. The maximum absolute atomic E-state index is 11.6. The Morgan fingerprint density at radius 1 is 0.879 bits per heavy atom. The van der Waals surface area contributed by atoms with E-state index >= 15 is 0 Å². The lowest BCUT2D eigenvalue weighted by Gasteiger charge is -2.11. The van der Waals surface area contributed by atoms with Gasteiger partial charge in [-0.3, -0.25) is 0 Å². The minimum Gasteiger partial charge on any atom is -0.461 e. The average molecular weight is 581 g/mol. The molecule has 0 amide bonds. The van der Waals surface area contributed by atoms with E-state index in [0.717, 1.165) is 23.0 Å². The molecule has 2 aliphatic heterocycles. The lowest BCUT2D eigenvalue weighted by Crippen LogP contribution is -2.16. The van der Waals surface area contributed by atoms with E-state index in [2.05, 4.69) is 25.3 Å². The van der Waals surface area contributed by atoms with Gasteiger partial charge in [-0.05, 0) is 26.0 Å². The van der Waals surface area contributed by atoms with Crippen molar-refractivity contribution in [2.75, 3.05) is 36.2 Å². The molecule has 0 radical (unpaired) electrons. The van der Waals surface area contributed by atoms with Crippen molar-refractivity contribution in [3.8, 4) is 0 Å². The van der Waals surface area contributed by atoms with Crippen LogP contribution in [-0.2, 0) is 19.1 Å². The molecule has 2 fully saturated rings. The predicted octanol–water partition coefficient (Wildman–Crippen LogP) is 6.52. The van der Waals surface area contributed by atoms with E-state index in [9.17, 15) is 9.59 Å². The Balaban J connectivity index is 1.30. The molecule has 4 unspecified atom stereocenters. The topological polar surface area (TPSA) is 52.6 Å². The highest BCUT2D eigenvalue weighted by Gasteiger charge is 2.28. The second-order valence-corrected chi connectivity index (χ2v) is 17.3. The van der Waals surface area contributed by atoms with E-state index in [1.807, 2.05) is 81.9 Å². The number of ether oxygens (including phenoxy) is 2. The summed E-state index contributed by atoms with van der Waals surface area (Å²) < 4.78 is 14.4. The smallest absolute Gasteiger partial charge is 0.333 e. The van der Waals surface area contributed by atoms with Gasteiger partial charge in [0.2, 0.25) is 0 Å². The molecule has 0 bridgehead atoms. The van der Waals surface area contributed by atoms with E-state index in [1.165, 1.54) is 8.42 Å². The molecule has 3 rings (SSSR count). The molecule has 0 spiro atoms. The Hall–Kier alpha value is 0.220. The van der Waals surface area contributed by atoms with Crippen LogP contribution in [0.25, 0.3) is 0 Å². The summed E-state index contributed by atoms with van der Waals surface area (Å²) in [6.45, 7) is 11.6. The Kier molecular flexibility index (Phi) is 11.9. The Morgan fingerprint density at radius 3 is 1.70 bits per heavy atom. The van der Waals surface area contributed by atoms with Gasteiger partial charge >= 0.3 is 11.9 Å². The molecular weight excluding hydrogens is 553 g/mol. The maximum Gasteiger partial charge on any atom is 0.333 e. The van der Waals surface area contributed by atoms with Gasteiger partial charge < -0.3 is 9.47 Å². The molecule has 0 aliphatic carbocycles. The number of thioether (sulfide) groups is 6. The molecule has 4 nitrogen and oxygen atoms in total. The van der Waals surface area contributed by atoms with E-state index in [1.54, 1.807) is 13.8 Å². The number of carbonyl (C=O) groups excluding carboxylic acids is 2. The highest BCUT2D eigenvalue weighted by Crippen LogP contribution is 2.44. The molecule has 0 N–H and O–H groups in total. The normalized spacial score (nSPS) is 24.5. The molecular formula is C22H28O4S7. The summed E-state index contributed by atoms with van der Waals surface area (Å²) in [5.74, 6) is 3.58. The van der Waals surface area contributed by atoms with Gasteiger partial charge in [0.15, 0.2) is 0 Å². The fourth-order valence-electron chi connectivity index (χ4n) is 2.71. The predicted molar refractivity (Wildman–Crippen MR) is 153 cm³/mol. The molecule has 0 aromatic carbocycles. The highest BCUT2D eigenvalue weighted by molar-refractivity contribution is 8.22. The van der Waals surface area contributed by atoms with Crippen molar-refractivity contribution >= 4 is 93.8 Å². The summed E-state index contributed by atoms with van der Waals surface area (Å²) in [7, 11) is 0. The van der Waals surface area contributed by atoms with Crippen molar-refractivity contribution in [1.29, 1.82) is 0 Å². The first-order chi connectivity index (χ1) is 15.8. The number of carbonyl (C=O) groups is 2. The fraction of sp³-hybridized carbons (Fsp3) is 0.545. The zero-order chi connectivity index (χ0) is 23.8. The number of rotatable bonds is 12. The van der Waals surface area contributed by atoms with Crippen LogP contribution in [0.5, 0.6) is 0 Å². The highest BCUT2D eigenvalue weighted by atomic mass is 32.2. The first kappa shape index (κ1) is 27.8. The summed E-state index contributed by atoms with van der Waals surface area (Å²) in [5.41, 5.74) is 0.913. The molecule has 1 aromatic heterocycles. The summed E-state index contributed by atoms with van der Waals surface area (Å²) in [6, 6.07) is 4.45. The Labute approximate surface area is 226 Å². The number of esters is 2. The van der Waals surface area contributed by atoms with E-state index < -0.39 is 0 Å². The van der Waals surface area contributed by atoms with Crippen molar-refractivity contribution in [2.45, 2.75) is 41.9 Å². The van der Waals surface area contributed by atoms with Crippen molar-refractivity contribution < 1.29 is 19.1 Å². The third kappa shape index (κ3) is 9.65. The van der Waals surface area contributed by atoms with Crippen molar-refractivity contribution in [3.63, 3.8) is 0 Å². The van der Waals surface area contributed by atoms with E-state index in [-0.39, 0.29) is 11.9 Å². The number of hydrogen-bond acceptors (Lipinski definition) is 11. The zero-order valence-corrected chi connectivity index (χ0v) is 24.3. The molecule has 3 heterocycles. The summed E-state index contributed by atoms with van der Waals surface area (Å²) in [5, 5.41) is 0.737. The number of thiophene rings is 1. The second-order valence-electron chi connectivity index (χ2n) is 7.50. The first-order valence-corrected chi connectivity index (χ1v) is 17.1. The molecule has 0 saturated carbocycles. The van der Waals surface area contributed by atoms with Gasteiger partial charge in [-0.2, -0.15) is 0 Å². The largest absolute Gasteiger partial charge is 0.461 e.